The Hall–Kier alpha value is -2.71. The zero-order valence-electron chi connectivity index (χ0n) is 19.2. The second-order valence-corrected chi connectivity index (χ2v) is 9.55. The molecular weight excluding hydrogens is 445 g/mol. The van der Waals surface area contributed by atoms with Crippen LogP contribution >= 0.6 is 11.6 Å². The van der Waals surface area contributed by atoms with Crippen LogP contribution in [0.1, 0.15) is 53.3 Å². The Labute approximate surface area is 197 Å². The van der Waals surface area contributed by atoms with Crippen molar-refractivity contribution in [1.29, 1.82) is 0 Å². The molecule has 7 nitrogen and oxygen atoms in total. The van der Waals surface area contributed by atoms with Gasteiger partial charge in [0.25, 0.3) is 5.91 Å². The molecule has 33 heavy (non-hydrogen) atoms. The molecule has 4 heterocycles. The number of benzene rings is 1. The Kier molecular flexibility index (Phi) is 5.53. The van der Waals surface area contributed by atoms with Crippen LogP contribution in [0.3, 0.4) is 0 Å². The number of hydrogen-bond acceptors (Lipinski definition) is 5. The van der Waals surface area contributed by atoms with Crippen LogP contribution in [0.15, 0.2) is 18.2 Å². The summed E-state index contributed by atoms with van der Waals surface area (Å²) in [7, 11) is 0. The van der Waals surface area contributed by atoms with E-state index in [4.69, 9.17) is 16.3 Å². The van der Waals surface area contributed by atoms with Crippen molar-refractivity contribution in [3.63, 3.8) is 0 Å². The van der Waals surface area contributed by atoms with E-state index in [1.807, 2.05) is 13.8 Å². The summed E-state index contributed by atoms with van der Waals surface area (Å²) in [5, 5.41) is 5.24. The molecule has 1 saturated heterocycles. The van der Waals surface area contributed by atoms with E-state index in [2.05, 4.69) is 28.8 Å². The van der Waals surface area contributed by atoms with Gasteiger partial charge >= 0.3 is 0 Å². The number of carbonyl (C=O) groups is 1. The molecule has 174 valence electrons. The molecular formula is C24H27ClFN5O2. The highest BCUT2D eigenvalue weighted by molar-refractivity contribution is 6.31. The number of amides is 1. The molecule has 0 unspecified atom stereocenters. The lowest BCUT2D eigenvalue weighted by Gasteiger charge is -2.22. The fourth-order valence-corrected chi connectivity index (χ4v) is 4.82. The zero-order chi connectivity index (χ0) is 23.4. The minimum Gasteiger partial charge on any atom is -0.488 e. The van der Waals surface area contributed by atoms with E-state index in [1.54, 1.807) is 9.42 Å². The predicted octanol–water partition coefficient (Wildman–Crippen LogP) is 4.16. The van der Waals surface area contributed by atoms with Crippen LogP contribution in [0.5, 0.6) is 5.75 Å². The summed E-state index contributed by atoms with van der Waals surface area (Å²) in [5.74, 6) is -0.331. The molecule has 1 atom stereocenters. The number of hydrogen-bond donors (Lipinski definition) is 0. The minimum atomic E-state index is -0.422. The van der Waals surface area contributed by atoms with E-state index in [0.29, 0.717) is 35.5 Å². The largest absolute Gasteiger partial charge is 0.488 e. The number of halogens is 2. The first-order chi connectivity index (χ1) is 15.7. The van der Waals surface area contributed by atoms with E-state index in [-0.39, 0.29) is 12.0 Å². The third kappa shape index (κ3) is 3.85. The Bertz CT molecular complexity index is 1260. The molecule has 1 aromatic carbocycles. The molecule has 2 aromatic heterocycles. The quantitative estimate of drug-likeness (QED) is 0.572. The van der Waals surface area contributed by atoms with Gasteiger partial charge in [0.1, 0.15) is 17.7 Å². The predicted molar refractivity (Wildman–Crippen MR) is 123 cm³/mol. The van der Waals surface area contributed by atoms with Crippen molar-refractivity contribution in [1.82, 2.24) is 24.4 Å². The molecule has 0 N–H and O–H groups in total. The topological polar surface area (TPSA) is 63.0 Å². The fourth-order valence-electron chi connectivity index (χ4n) is 4.70. The first-order valence-electron chi connectivity index (χ1n) is 11.3. The Morgan fingerprint density at radius 1 is 1.27 bits per heavy atom. The molecule has 0 spiro atoms. The van der Waals surface area contributed by atoms with Crippen LogP contribution in [0.2, 0.25) is 5.02 Å². The van der Waals surface area contributed by atoms with Crippen molar-refractivity contribution in [2.24, 2.45) is 0 Å². The standard InChI is InChI=1S/C24H27ClFN5O2/c1-13(2)29-8-7-17(10-29)33-21-9-16(26)5-6-18(21)24(32)30-11-19-20(12-30)28-31-15(4)22(25)14(3)27-23(19)31/h5-6,9,13,17H,7-8,10-12H2,1-4H3/t17-/m1/s1. The molecule has 3 aromatic rings. The van der Waals surface area contributed by atoms with Gasteiger partial charge in [0.2, 0.25) is 0 Å². The summed E-state index contributed by atoms with van der Waals surface area (Å²) < 4.78 is 22.0. The number of rotatable bonds is 4. The van der Waals surface area contributed by atoms with E-state index < -0.39 is 5.82 Å². The monoisotopic (exact) mass is 471 g/mol. The van der Waals surface area contributed by atoms with Gasteiger partial charge in [0, 0.05) is 30.8 Å². The average molecular weight is 472 g/mol. The van der Waals surface area contributed by atoms with Crippen LogP contribution in [-0.4, -0.2) is 55.5 Å². The molecule has 0 radical (unpaired) electrons. The first kappa shape index (κ1) is 22.1. The number of fused-ring (bicyclic) bond motifs is 3. The molecule has 2 aliphatic rings. The van der Waals surface area contributed by atoms with Crippen LogP contribution in [-0.2, 0) is 13.1 Å². The summed E-state index contributed by atoms with van der Waals surface area (Å²) in [6.07, 6.45) is 0.780. The number of ether oxygens (including phenoxy) is 1. The summed E-state index contributed by atoms with van der Waals surface area (Å²) in [6.45, 7) is 10.5. The zero-order valence-corrected chi connectivity index (χ0v) is 20.0. The maximum atomic E-state index is 14.1. The van der Waals surface area contributed by atoms with Gasteiger partial charge in [-0.1, -0.05) is 11.6 Å². The highest BCUT2D eigenvalue weighted by atomic mass is 35.5. The fraction of sp³-hybridized carbons (Fsp3) is 0.458. The van der Waals surface area contributed by atoms with Gasteiger partial charge in [-0.3, -0.25) is 9.69 Å². The Balaban J connectivity index is 1.39. The Morgan fingerprint density at radius 3 is 2.79 bits per heavy atom. The van der Waals surface area contributed by atoms with Gasteiger partial charge in [-0.15, -0.1) is 0 Å². The van der Waals surface area contributed by atoms with Gasteiger partial charge in [-0.2, -0.15) is 5.10 Å². The van der Waals surface area contributed by atoms with Crippen molar-refractivity contribution < 1.29 is 13.9 Å². The lowest BCUT2D eigenvalue weighted by Crippen LogP contribution is -2.31. The molecule has 1 fully saturated rings. The van der Waals surface area contributed by atoms with Gasteiger partial charge in [-0.05, 0) is 46.2 Å². The second kappa shape index (κ2) is 8.25. The molecule has 2 aliphatic heterocycles. The van der Waals surface area contributed by atoms with Crippen molar-refractivity contribution in [3.8, 4) is 5.75 Å². The van der Waals surface area contributed by atoms with Crippen LogP contribution in [0.4, 0.5) is 4.39 Å². The highest BCUT2D eigenvalue weighted by Gasteiger charge is 2.33. The molecule has 1 amide bonds. The van der Waals surface area contributed by atoms with Crippen LogP contribution in [0.25, 0.3) is 5.65 Å². The van der Waals surface area contributed by atoms with Crippen molar-refractivity contribution in [2.75, 3.05) is 13.1 Å². The highest BCUT2D eigenvalue weighted by Crippen LogP contribution is 2.32. The normalized spacial score (nSPS) is 18.5. The number of aryl methyl sites for hydroxylation is 2. The SMILES string of the molecule is Cc1nc2c3c(nn2c(C)c1Cl)CN(C(=O)c1ccc(F)cc1O[C@@H]1CCN(C(C)C)C1)C3. The Morgan fingerprint density at radius 2 is 2.06 bits per heavy atom. The summed E-state index contributed by atoms with van der Waals surface area (Å²) in [5.41, 5.74) is 4.36. The van der Waals surface area contributed by atoms with E-state index in [0.717, 1.165) is 47.8 Å². The second-order valence-electron chi connectivity index (χ2n) is 9.18. The van der Waals surface area contributed by atoms with Crippen LogP contribution in [0, 0.1) is 19.7 Å². The van der Waals surface area contributed by atoms with Gasteiger partial charge in [0.15, 0.2) is 5.65 Å². The lowest BCUT2D eigenvalue weighted by molar-refractivity contribution is 0.0742. The van der Waals surface area contributed by atoms with Gasteiger partial charge in [0.05, 0.1) is 40.8 Å². The minimum absolute atomic E-state index is 0.0689. The van der Waals surface area contributed by atoms with E-state index >= 15 is 0 Å². The van der Waals surface area contributed by atoms with Crippen molar-refractivity contribution in [2.45, 2.75) is 59.4 Å². The van der Waals surface area contributed by atoms with Gasteiger partial charge < -0.3 is 9.64 Å². The number of nitrogens with zero attached hydrogens (tertiary/aromatic N) is 5. The molecule has 9 heteroatoms. The third-order valence-corrected chi connectivity index (χ3v) is 7.16. The van der Waals surface area contributed by atoms with Crippen molar-refractivity contribution in [3.05, 3.63) is 57.2 Å². The summed E-state index contributed by atoms with van der Waals surface area (Å²) in [6, 6.07) is 4.55. The molecule has 0 bridgehead atoms. The maximum Gasteiger partial charge on any atom is 0.258 e. The van der Waals surface area contributed by atoms with Crippen LogP contribution < -0.4 is 4.74 Å². The lowest BCUT2D eigenvalue weighted by atomic mass is 10.1. The number of aromatic nitrogens is 3. The summed E-state index contributed by atoms with van der Waals surface area (Å²) >= 11 is 6.33. The smallest absolute Gasteiger partial charge is 0.258 e. The van der Waals surface area contributed by atoms with E-state index in [1.165, 1.54) is 18.2 Å². The van der Waals surface area contributed by atoms with Crippen molar-refractivity contribution >= 4 is 23.2 Å². The number of carbonyl (C=O) groups excluding carboxylic acids is 1. The summed E-state index contributed by atoms with van der Waals surface area (Å²) in [4.78, 5) is 22.1. The number of likely N-dealkylation sites (tertiary alicyclic amines) is 1. The third-order valence-electron chi connectivity index (χ3n) is 6.62. The molecule has 5 rings (SSSR count). The maximum absolute atomic E-state index is 14.1. The first-order valence-corrected chi connectivity index (χ1v) is 11.6. The molecule has 0 aliphatic carbocycles. The molecule has 0 saturated carbocycles. The van der Waals surface area contributed by atoms with E-state index in [9.17, 15) is 9.18 Å². The average Bonchev–Trinajstić information content (AvgIpc) is 3.47. The van der Waals surface area contributed by atoms with Gasteiger partial charge in [-0.25, -0.2) is 13.9 Å².